The minimum absolute atomic E-state index is 0.0860. The van der Waals surface area contributed by atoms with Crippen LogP contribution in [0.25, 0.3) is 11.3 Å². The number of amides is 1. The molecule has 1 amide bonds. The number of aromatic nitrogens is 1. The molecular weight excluding hydrogens is 366 g/mol. The Labute approximate surface area is 157 Å². The average Bonchev–Trinajstić information content (AvgIpc) is 3.18. The summed E-state index contributed by atoms with van der Waals surface area (Å²) in [7, 11) is -1.92. The third-order valence-electron chi connectivity index (χ3n) is 3.94. The number of sulfonamides is 1. The molecule has 0 fully saturated rings. The molecule has 0 aliphatic rings. The maximum Gasteiger partial charge on any atom is 0.273 e. The highest BCUT2D eigenvalue weighted by atomic mass is 32.2. The molecule has 2 N–H and O–H groups in total. The van der Waals surface area contributed by atoms with E-state index in [1.165, 1.54) is 7.05 Å². The SMILES string of the molecule is CNS(=O)(=O)Cc1ccc(CNC(=O)c2cc(-c3ccccc3)on2)cc1. The second kappa shape index (κ2) is 8.15. The van der Waals surface area contributed by atoms with Gasteiger partial charge in [0.1, 0.15) is 0 Å². The lowest BCUT2D eigenvalue weighted by Crippen LogP contribution is -2.23. The Bertz CT molecular complexity index is 1010. The third-order valence-corrected chi connectivity index (χ3v) is 5.28. The Morgan fingerprint density at radius 2 is 1.70 bits per heavy atom. The van der Waals surface area contributed by atoms with Gasteiger partial charge in [-0.3, -0.25) is 4.79 Å². The van der Waals surface area contributed by atoms with Crippen molar-refractivity contribution < 1.29 is 17.7 Å². The zero-order valence-corrected chi connectivity index (χ0v) is 15.5. The largest absolute Gasteiger partial charge is 0.355 e. The Morgan fingerprint density at radius 1 is 1.04 bits per heavy atom. The summed E-state index contributed by atoms with van der Waals surface area (Å²) in [6, 6.07) is 18.0. The maximum absolute atomic E-state index is 12.2. The topological polar surface area (TPSA) is 101 Å². The fourth-order valence-electron chi connectivity index (χ4n) is 2.44. The fraction of sp³-hybridized carbons (Fsp3) is 0.158. The minimum atomic E-state index is -3.31. The van der Waals surface area contributed by atoms with E-state index in [2.05, 4.69) is 15.2 Å². The van der Waals surface area contributed by atoms with Crippen LogP contribution in [0.3, 0.4) is 0 Å². The van der Waals surface area contributed by atoms with Crippen molar-refractivity contribution in [1.82, 2.24) is 15.2 Å². The zero-order chi connectivity index (χ0) is 19.3. The number of hydrogen-bond donors (Lipinski definition) is 2. The van der Waals surface area contributed by atoms with Gasteiger partial charge in [-0.15, -0.1) is 0 Å². The van der Waals surface area contributed by atoms with Crippen LogP contribution in [0.15, 0.2) is 65.2 Å². The first kappa shape index (κ1) is 18.8. The molecule has 1 aromatic heterocycles. The molecule has 0 saturated carbocycles. The van der Waals surface area contributed by atoms with Crippen LogP contribution in [-0.2, 0) is 22.3 Å². The first-order chi connectivity index (χ1) is 13.0. The highest BCUT2D eigenvalue weighted by Crippen LogP contribution is 2.19. The van der Waals surface area contributed by atoms with Crippen molar-refractivity contribution in [2.24, 2.45) is 0 Å². The second-order valence-electron chi connectivity index (χ2n) is 5.90. The van der Waals surface area contributed by atoms with E-state index >= 15 is 0 Å². The summed E-state index contributed by atoms with van der Waals surface area (Å²) in [6.45, 7) is 0.297. The first-order valence-electron chi connectivity index (χ1n) is 8.26. The molecule has 0 bridgehead atoms. The van der Waals surface area contributed by atoms with Crippen molar-refractivity contribution in [2.75, 3.05) is 7.05 Å². The number of nitrogens with zero attached hydrogens (tertiary/aromatic N) is 1. The van der Waals surface area contributed by atoms with Gasteiger partial charge < -0.3 is 9.84 Å². The smallest absolute Gasteiger partial charge is 0.273 e. The van der Waals surface area contributed by atoms with Gasteiger partial charge in [0.2, 0.25) is 10.0 Å². The lowest BCUT2D eigenvalue weighted by atomic mass is 10.1. The Morgan fingerprint density at radius 3 is 2.37 bits per heavy atom. The standard InChI is InChI=1S/C19H19N3O4S/c1-20-27(24,25)13-15-9-7-14(8-10-15)12-21-19(23)17-11-18(26-22-17)16-5-3-2-4-6-16/h2-11,20H,12-13H2,1H3,(H,21,23). The van der Waals surface area contributed by atoms with Gasteiger partial charge in [-0.1, -0.05) is 59.8 Å². The molecule has 0 unspecified atom stereocenters. The fourth-order valence-corrected chi connectivity index (χ4v) is 3.21. The molecule has 7 nitrogen and oxygen atoms in total. The molecule has 0 radical (unpaired) electrons. The van der Waals surface area contributed by atoms with Gasteiger partial charge >= 0.3 is 0 Å². The van der Waals surface area contributed by atoms with E-state index in [4.69, 9.17) is 4.52 Å². The Balaban J connectivity index is 1.59. The number of nitrogens with one attached hydrogen (secondary N) is 2. The van der Waals surface area contributed by atoms with Crippen LogP contribution in [-0.4, -0.2) is 26.5 Å². The molecule has 1 heterocycles. The minimum Gasteiger partial charge on any atom is -0.355 e. The molecule has 140 valence electrons. The van der Waals surface area contributed by atoms with E-state index in [0.717, 1.165) is 11.1 Å². The van der Waals surface area contributed by atoms with E-state index in [-0.39, 0.29) is 17.4 Å². The molecule has 0 atom stereocenters. The lowest BCUT2D eigenvalue weighted by molar-refractivity contribution is 0.0942. The maximum atomic E-state index is 12.2. The van der Waals surface area contributed by atoms with Crippen LogP contribution in [0.5, 0.6) is 0 Å². The van der Waals surface area contributed by atoms with Gasteiger partial charge in [0.15, 0.2) is 11.5 Å². The molecule has 2 aromatic carbocycles. The van der Waals surface area contributed by atoms with Crippen molar-refractivity contribution >= 4 is 15.9 Å². The Kier molecular flexibility index (Phi) is 5.68. The van der Waals surface area contributed by atoms with Crippen molar-refractivity contribution in [3.8, 4) is 11.3 Å². The van der Waals surface area contributed by atoms with Gasteiger partial charge in [-0.05, 0) is 18.2 Å². The van der Waals surface area contributed by atoms with Gasteiger partial charge in [-0.2, -0.15) is 0 Å². The van der Waals surface area contributed by atoms with Crippen molar-refractivity contribution in [3.05, 3.63) is 77.5 Å². The van der Waals surface area contributed by atoms with Crippen LogP contribution in [0.1, 0.15) is 21.6 Å². The summed E-state index contributed by atoms with van der Waals surface area (Å²) in [4.78, 5) is 12.2. The third kappa shape index (κ3) is 5.02. The second-order valence-corrected chi connectivity index (χ2v) is 7.83. The highest BCUT2D eigenvalue weighted by Gasteiger charge is 2.13. The molecule has 0 aliphatic carbocycles. The zero-order valence-electron chi connectivity index (χ0n) is 14.7. The predicted octanol–water partition coefficient (Wildman–Crippen LogP) is 2.32. The quantitative estimate of drug-likeness (QED) is 0.650. The summed E-state index contributed by atoms with van der Waals surface area (Å²) in [5, 5.41) is 6.57. The van der Waals surface area contributed by atoms with Crippen LogP contribution >= 0.6 is 0 Å². The molecule has 3 rings (SSSR count). The molecule has 0 aliphatic heterocycles. The van der Waals surface area contributed by atoms with Crippen molar-refractivity contribution in [1.29, 1.82) is 0 Å². The van der Waals surface area contributed by atoms with Crippen LogP contribution in [0, 0.1) is 0 Å². The molecule has 0 spiro atoms. The van der Waals surface area contributed by atoms with E-state index in [9.17, 15) is 13.2 Å². The van der Waals surface area contributed by atoms with E-state index < -0.39 is 10.0 Å². The molecule has 3 aromatic rings. The van der Waals surface area contributed by atoms with Crippen molar-refractivity contribution in [2.45, 2.75) is 12.3 Å². The Hall–Kier alpha value is -2.97. The molecule has 27 heavy (non-hydrogen) atoms. The van der Waals surface area contributed by atoms with Crippen LogP contribution in [0.2, 0.25) is 0 Å². The average molecular weight is 385 g/mol. The molecule has 0 saturated heterocycles. The summed E-state index contributed by atoms with van der Waals surface area (Å²) in [6.07, 6.45) is 0. The highest BCUT2D eigenvalue weighted by molar-refractivity contribution is 7.88. The van der Waals surface area contributed by atoms with Gasteiger partial charge in [0.05, 0.1) is 5.75 Å². The summed E-state index contributed by atoms with van der Waals surface area (Å²) >= 11 is 0. The summed E-state index contributed by atoms with van der Waals surface area (Å²) in [5.41, 5.74) is 2.56. The van der Waals surface area contributed by atoms with Gasteiger partial charge in [-0.25, -0.2) is 13.1 Å². The normalized spacial score (nSPS) is 11.3. The monoisotopic (exact) mass is 385 g/mol. The van der Waals surface area contributed by atoms with Crippen molar-refractivity contribution in [3.63, 3.8) is 0 Å². The van der Waals surface area contributed by atoms with E-state index in [0.29, 0.717) is 17.9 Å². The van der Waals surface area contributed by atoms with Crippen LogP contribution < -0.4 is 10.0 Å². The van der Waals surface area contributed by atoms with Crippen LogP contribution in [0.4, 0.5) is 0 Å². The predicted molar refractivity (Wildman–Crippen MR) is 101 cm³/mol. The number of carbonyl (C=O) groups is 1. The molecular formula is C19H19N3O4S. The summed E-state index contributed by atoms with van der Waals surface area (Å²) < 4.78 is 30.6. The number of benzene rings is 2. The lowest BCUT2D eigenvalue weighted by Gasteiger charge is -2.06. The molecule has 8 heteroatoms. The first-order valence-corrected chi connectivity index (χ1v) is 9.91. The number of hydrogen-bond acceptors (Lipinski definition) is 5. The van der Waals surface area contributed by atoms with E-state index in [1.807, 2.05) is 30.3 Å². The summed E-state index contributed by atoms with van der Waals surface area (Å²) in [5.74, 6) is 0.0933. The van der Waals surface area contributed by atoms with Gasteiger partial charge in [0.25, 0.3) is 5.91 Å². The van der Waals surface area contributed by atoms with E-state index in [1.54, 1.807) is 30.3 Å². The van der Waals surface area contributed by atoms with Gasteiger partial charge in [0, 0.05) is 18.2 Å². The number of carbonyl (C=O) groups excluding carboxylic acids is 1. The number of rotatable bonds is 7.